The maximum Gasteiger partial charge on any atom is 0.127 e. The van der Waals surface area contributed by atoms with E-state index in [-0.39, 0.29) is 0 Å². The summed E-state index contributed by atoms with van der Waals surface area (Å²) in [6.45, 7) is 13.7. The topological polar surface area (TPSA) is 23.4 Å². The van der Waals surface area contributed by atoms with E-state index in [2.05, 4.69) is 136 Å². The molecule has 7 rings (SSSR count). The summed E-state index contributed by atoms with van der Waals surface area (Å²) < 4.78 is 16.0. The minimum atomic E-state index is 0.708. The van der Waals surface area contributed by atoms with Crippen LogP contribution in [0.25, 0.3) is 65.6 Å². The van der Waals surface area contributed by atoms with Crippen LogP contribution < -0.4 is 9.47 Å². The van der Waals surface area contributed by atoms with Crippen LogP contribution in [0, 0.1) is 13.8 Å². The number of aryl methyl sites for hydroxylation is 3. The van der Waals surface area contributed by atoms with E-state index < -0.39 is 0 Å². The van der Waals surface area contributed by atoms with E-state index in [4.69, 9.17) is 9.47 Å². The minimum Gasteiger partial charge on any atom is -0.493 e. The standard InChI is InChI=1S/C52H61NO2/c1-6-9-12-15-30-53-47-26-19-38(5)34-45(47)46-36-40(21-27-48(46)53)39-20-25-44-42(35-39)23-29-50(55-32-17-14-11-8-3)52(44)51-43-24-18-37(4)33-41(43)22-28-49(51)54-31-16-13-10-7-2/h18-29,33-36H,6-17,30-32H2,1-5H3. The van der Waals surface area contributed by atoms with E-state index in [1.54, 1.807) is 0 Å². The lowest BCUT2D eigenvalue weighted by molar-refractivity contribution is 0.302. The average Bonchev–Trinajstić information content (AvgIpc) is 3.50. The van der Waals surface area contributed by atoms with Crippen LogP contribution in [-0.2, 0) is 6.54 Å². The highest BCUT2D eigenvalue weighted by atomic mass is 16.5. The quantitative estimate of drug-likeness (QED) is 0.0773. The normalized spacial score (nSPS) is 11.7. The summed E-state index contributed by atoms with van der Waals surface area (Å²) in [5, 5.41) is 7.52. The summed E-state index contributed by atoms with van der Waals surface area (Å²) in [6, 6.07) is 36.7. The largest absolute Gasteiger partial charge is 0.493 e. The predicted molar refractivity (Wildman–Crippen MR) is 238 cm³/mol. The highest BCUT2D eigenvalue weighted by Gasteiger charge is 2.20. The summed E-state index contributed by atoms with van der Waals surface area (Å²) in [7, 11) is 0. The number of ether oxygens (including phenoxy) is 2. The zero-order valence-electron chi connectivity index (χ0n) is 34.1. The van der Waals surface area contributed by atoms with Crippen molar-refractivity contribution in [2.75, 3.05) is 13.2 Å². The first kappa shape index (κ1) is 38.5. The molecule has 0 N–H and O–H groups in total. The maximum atomic E-state index is 6.73. The summed E-state index contributed by atoms with van der Waals surface area (Å²) in [6.07, 6.45) is 14.4. The van der Waals surface area contributed by atoms with Crippen LogP contribution in [0.4, 0.5) is 0 Å². The molecule has 3 nitrogen and oxygen atoms in total. The van der Waals surface area contributed by atoms with E-state index in [9.17, 15) is 0 Å². The fraction of sp³-hybridized carbons (Fsp3) is 0.385. The molecule has 6 aromatic carbocycles. The Morgan fingerprint density at radius 2 is 0.909 bits per heavy atom. The molecule has 1 heterocycles. The summed E-state index contributed by atoms with van der Waals surface area (Å²) in [5.74, 6) is 1.87. The van der Waals surface area contributed by atoms with Gasteiger partial charge < -0.3 is 14.0 Å². The second-order valence-corrected chi connectivity index (χ2v) is 15.8. The molecule has 0 atom stereocenters. The van der Waals surface area contributed by atoms with Crippen LogP contribution in [0.2, 0.25) is 0 Å². The molecule has 0 saturated carbocycles. The molecule has 7 aromatic rings. The number of rotatable bonds is 19. The van der Waals surface area contributed by atoms with Gasteiger partial charge in [-0.05, 0) is 108 Å². The van der Waals surface area contributed by atoms with Gasteiger partial charge in [0, 0.05) is 39.5 Å². The Hall–Kier alpha value is -4.76. The minimum absolute atomic E-state index is 0.708. The molecule has 0 unspecified atom stereocenters. The predicted octanol–water partition coefficient (Wildman–Crippen LogP) is 15.6. The van der Waals surface area contributed by atoms with E-state index in [0.717, 1.165) is 42.0 Å². The van der Waals surface area contributed by atoms with Gasteiger partial charge in [0.2, 0.25) is 0 Å². The highest BCUT2D eigenvalue weighted by molar-refractivity contribution is 6.12. The number of nitrogens with zero attached hydrogens (tertiary/aromatic N) is 1. The van der Waals surface area contributed by atoms with Gasteiger partial charge in [0.15, 0.2) is 0 Å². The second kappa shape index (κ2) is 18.2. The average molecular weight is 732 g/mol. The Morgan fingerprint density at radius 1 is 0.418 bits per heavy atom. The molecule has 0 radical (unpaired) electrons. The Labute approximate surface area is 329 Å². The third-order valence-corrected chi connectivity index (χ3v) is 11.5. The van der Waals surface area contributed by atoms with Gasteiger partial charge in [0.1, 0.15) is 11.5 Å². The third-order valence-electron chi connectivity index (χ3n) is 11.5. The van der Waals surface area contributed by atoms with Gasteiger partial charge in [-0.1, -0.05) is 144 Å². The van der Waals surface area contributed by atoms with Gasteiger partial charge in [-0.3, -0.25) is 0 Å². The molecular formula is C52H61NO2. The molecule has 1 aromatic heterocycles. The van der Waals surface area contributed by atoms with Crippen molar-refractivity contribution in [1.82, 2.24) is 4.57 Å². The van der Waals surface area contributed by atoms with Gasteiger partial charge in [-0.15, -0.1) is 0 Å². The van der Waals surface area contributed by atoms with E-state index in [0.29, 0.717) is 13.2 Å². The van der Waals surface area contributed by atoms with Crippen LogP contribution in [0.15, 0.2) is 97.1 Å². The molecule has 0 amide bonds. The van der Waals surface area contributed by atoms with Crippen LogP contribution in [0.1, 0.15) is 109 Å². The second-order valence-electron chi connectivity index (χ2n) is 15.8. The van der Waals surface area contributed by atoms with Gasteiger partial charge in [0.25, 0.3) is 0 Å². The molecule has 286 valence electrons. The van der Waals surface area contributed by atoms with Crippen molar-refractivity contribution in [1.29, 1.82) is 0 Å². The van der Waals surface area contributed by atoms with E-state index in [1.165, 1.54) is 130 Å². The van der Waals surface area contributed by atoms with Gasteiger partial charge in [0.05, 0.1) is 13.2 Å². The van der Waals surface area contributed by atoms with Gasteiger partial charge >= 0.3 is 0 Å². The van der Waals surface area contributed by atoms with Crippen molar-refractivity contribution < 1.29 is 9.47 Å². The van der Waals surface area contributed by atoms with Crippen LogP contribution in [0.5, 0.6) is 11.5 Å². The number of fused-ring (bicyclic) bond motifs is 5. The number of hydrogen-bond acceptors (Lipinski definition) is 2. The number of unbranched alkanes of at least 4 members (excludes halogenated alkanes) is 9. The molecule has 0 aliphatic heterocycles. The molecule has 55 heavy (non-hydrogen) atoms. The van der Waals surface area contributed by atoms with Crippen molar-refractivity contribution in [3.8, 4) is 33.8 Å². The maximum absolute atomic E-state index is 6.73. The fourth-order valence-corrected chi connectivity index (χ4v) is 8.43. The van der Waals surface area contributed by atoms with Crippen molar-refractivity contribution >= 4 is 43.4 Å². The van der Waals surface area contributed by atoms with E-state index >= 15 is 0 Å². The zero-order chi connectivity index (χ0) is 38.1. The molecule has 0 saturated heterocycles. The first-order chi connectivity index (χ1) is 27.0. The summed E-state index contributed by atoms with van der Waals surface area (Å²) in [5.41, 5.74) is 9.98. The van der Waals surface area contributed by atoms with E-state index in [1.807, 2.05) is 0 Å². The van der Waals surface area contributed by atoms with Crippen LogP contribution >= 0.6 is 0 Å². The third kappa shape index (κ3) is 8.57. The Balaban J connectivity index is 1.34. The van der Waals surface area contributed by atoms with Crippen molar-refractivity contribution in [2.24, 2.45) is 0 Å². The molecule has 0 bridgehead atoms. The molecule has 0 aliphatic rings. The van der Waals surface area contributed by atoms with Crippen LogP contribution in [0.3, 0.4) is 0 Å². The first-order valence-corrected chi connectivity index (χ1v) is 21.4. The zero-order valence-corrected chi connectivity index (χ0v) is 34.1. The molecule has 3 heteroatoms. The summed E-state index contributed by atoms with van der Waals surface area (Å²) >= 11 is 0. The Bertz CT molecular complexity index is 2380. The number of aromatic nitrogens is 1. The lowest BCUT2D eigenvalue weighted by Gasteiger charge is -2.20. The highest BCUT2D eigenvalue weighted by Crippen LogP contribution is 2.47. The van der Waals surface area contributed by atoms with Gasteiger partial charge in [-0.25, -0.2) is 0 Å². The lowest BCUT2D eigenvalue weighted by atomic mass is 9.90. The monoisotopic (exact) mass is 731 g/mol. The molecular weight excluding hydrogens is 671 g/mol. The first-order valence-electron chi connectivity index (χ1n) is 21.4. The SMILES string of the molecule is CCCCCCOc1ccc2cc(C)ccc2c1-c1c(OCCCCCC)ccc2cc(-c3ccc4c(c3)c3cc(C)ccc3n4CCCCCC)ccc12. The summed E-state index contributed by atoms with van der Waals surface area (Å²) in [4.78, 5) is 0. The van der Waals surface area contributed by atoms with Crippen molar-refractivity contribution in [3.63, 3.8) is 0 Å². The Morgan fingerprint density at radius 3 is 1.55 bits per heavy atom. The number of benzene rings is 6. The lowest BCUT2D eigenvalue weighted by Crippen LogP contribution is -2.03. The van der Waals surface area contributed by atoms with Crippen LogP contribution in [-0.4, -0.2) is 17.8 Å². The van der Waals surface area contributed by atoms with Crippen molar-refractivity contribution in [2.45, 2.75) is 118 Å². The fourth-order valence-electron chi connectivity index (χ4n) is 8.43. The van der Waals surface area contributed by atoms with Gasteiger partial charge in [-0.2, -0.15) is 0 Å². The molecule has 0 aliphatic carbocycles. The molecule has 0 fully saturated rings. The molecule has 0 spiro atoms. The Kier molecular flexibility index (Phi) is 12.8. The smallest absolute Gasteiger partial charge is 0.127 e. The number of hydrogen-bond donors (Lipinski definition) is 0. The van der Waals surface area contributed by atoms with Crippen molar-refractivity contribution in [3.05, 3.63) is 108 Å².